The van der Waals surface area contributed by atoms with Gasteiger partial charge in [0.1, 0.15) is 0 Å². The van der Waals surface area contributed by atoms with Crippen LogP contribution in [0.25, 0.3) is 0 Å². The van der Waals surface area contributed by atoms with Gasteiger partial charge in [0.15, 0.2) is 0 Å². The highest BCUT2D eigenvalue weighted by molar-refractivity contribution is 5.29. The minimum absolute atomic E-state index is 0.00554. The van der Waals surface area contributed by atoms with E-state index < -0.39 is 0 Å². The van der Waals surface area contributed by atoms with Crippen LogP contribution in [0.3, 0.4) is 0 Å². The van der Waals surface area contributed by atoms with Crippen LogP contribution in [0.4, 0.5) is 0 Å². The summed E-state index contributed by atoms with van der Waals surface area (Å²) in [6, 6.07) is 8.14. The van der Waals surface area contributed by atoms with Gasteiger partial charge in [0, 0.05) is 12.1 Å². The molecule has 0 heterocycles. The van der Waals surface area contributed by atoms with E-state index in [1.54, 1.807) is 0 Å². The maximum Gasteiger partial charge on any atom is 0.0601 e. The molecule has 1 rings (SSSR count). The van der Waals surface area contributed by atoms with Gasteiger partial charge in [-0.1, -0.05) is 45.0 Å². The van der Waals surface area contributed by atoms with E-state index in [9.17, 15) is 0 Å². The van der Waals surface area contributed by atoms with Crippen molar-refractivity contribution in [3.8, 4) is 0 Å². The Bertz CT molecular complexity index is 340. The lowest BCUT2D eigenvalue weighted by Gasteiger charge is -2.24. The molecule has 0 aromatic heterocycles. The Kier molecular flexibility index (Phi) is 4.69. The smallest absolute Gasteiger partial charge is 0.0601 e. The molecule has 4 N–H and O–H groups in total. The largest absolute Gasteiger partial charge is 0.395 e. The number of rotatable bonds is 4. The summed E-state index contributed by atoms with van der Waals surface area (Å²) in [6.07, 6.45) is 0. The molecule has 1 aromatic rings. The lowest BCUT2D eigenvalue weighted by molar-refractivity contribution is 0.240. The number of aliphatic hydroxyl groups is 1. The Morgan fingerprint density at radius 1 is 1.24 bits per heavy atom. The Morgan fingerprint density at radius 3 is 2.12 bits per heavy atom. The summed E-state index contributed by atoms with van der Waals surface area (Å²) in [7, 11) is 1.86. The van der Waals surface area contributed by atoms with Crippen molar-refractivity contribution in [3.05, 3.63) is 35.4 Å². The third-order valence-corrected chi connectivity index (χ3v) is 3.09. The number of benzene rings is 1. The molecule has 0 amide bonds. The topological polar surface area (TPSA) is 58.3 Å². The highest BCUT2D eigenvalue weighted by atomic mass is 16.3. The molecule has 17 heavy (non-hydrogen) atoms. The van der Waals surface area contributed by atoms with Gasteiger partial charge in [-0.2, -0.15) is 0 Å². The van der Waals surface area contributed by atoms with Crippen molar-refractivity contribution in [1.29, 1.82) is 0 Å². The van der Waals surface area contributed by atoms with Crippen molar-refractivity contribution in [1.82, 2.24) is 5.32 Å². The average molecular weight is 236 g/mol. The standard InChI is InChI=1S/C14H24N2O/c1-14(2,3)11-7-5-10(6-8-11)13(16-4)12(15)9-17/h5-8,12-13,16-17H,9,15H2,1-4H3. The molecule has 0 aliphatic carbocycles. The lowest BCUT2D eigenvalue weighted by atomic mass is 9.86. The fourth-order valence-corrected chi connectivity index (χ4v) is 1.92. The molecule has 0 radical (unpaired) electrons. The molecule has 0 spiro atoms. The maximum absolute atomic E-state index is 9.12. The molecular formula is C14H24N2O. The first-order chi connectivity index (χ1) is 7.90. The van der Waals surface area contributed by atoms with Crippen molar-refractivity contribution in [2.45, 2.75) is 38.3 Å². The highest BCUT2D eigenvalue weighted by Crippen LogP contribution is 2.24. The zero-order valence-electron chi connectivity index (χ0n) is 11.2. The molecule has 2 atom stereocenters. The number of hydrogen-bond donors (Lipinski definition) is 3. The minimum atomic E-state index is -0.277. The van der Waals surface area contributed by atoms with E-state index in [0.717, 1.165) is 5.56 Å². The Morgan fingerprint density at radius 2 is 1.76 bits per heavy atom. The number of nitrogens with two attached hydrogens (primary N) is 1. The summed E-state index contributed by atoms with van der Waals surface area (Å²) in [5.41, 5.74) is 8.44. The van der Waals surface area contributed by atoms with Crippen LogP contribution in [0.15, 0.2) is 24.3 Å². The molecule has 0 aliphatic rings. The monoisotopic (exact) mass is 236 g/mol. The fourth-order valence-electron chi connectivity index (χ4n) is 1.92. The predicted molar refractivity (Wildman–Crippen MR) is 72.0 cm³/mol. The van der Waals surface area contributed by atoms with E-state index in [-0.39, 0.29) is 24.1 Å². The molecule has 0 saturated heterocycles. The highest BCUT2D eigenvalue weighted by Gasteiger charge is 2.18. The Balaban J connectivity index is 2.93. The molecule has 3 heteroatoms. The first kappa shape index (κ1) is 14.2. The van der Waals surface area contributed by atoms with Crippen LogP contribution < -0.4 is 11.1 Å². The lowest BCUT2D eigenvalue weighted by Crippen LogP contribution is -2.38. The van der Waals surface area contributed by atoms with Gasteiger partial charge >= 0.3 is 0 Å². The van der Waals surface area contributed by atoms with Gasteiger partial charge in [0.05, 0.1) is 6.61 Å². The number of hydrogen-bond acceptors (Lipinski definition) is 3. The van der Waals surface area contributed by atoms with Crippen molar-refractivity contribution in [3.63, 3.8) is 0 Å². The Labute approximate surface area is 104 Å². The normalized spacial score (nSPS) is 15.6. The van der Waals surface area contributed by atoms with E-state index in [1.165, 1.54) is 5.56 Å². The zero-order chi connectivity index (χ0) is 13.1. The first-order valence-electron chi connectivity index (χ1n) is 6.04. The Hall–Kier alpha value is -0.900. The quantitative estimate of drug-likeness (QED) is 0.743. The molecular weight excluding hydrogens is 212 g/mol. The molecule has 0 aliphatic heterocycles. The maximum atomic E-state index is 9.12. The van der Waals surface area contributed by atoms with E-state index in [2.05, 4.69) is 50.4 Å². The van der Waals surface area contributed by atoms with Gasteiger partial charge in [-0.3, -0.25) is 0 Å². The number of aliphatic hydroxyl groups excluding tert-OH is 1. The molecule has 0 fully saturated rings. The van der Waals surface area contributed by atoms with Gasteiger partial charge in [0.2, 0.25) is 0 Å². The van der Waals surface area contributed by atoms with Crippen molar-refractivity contribution in [2.75, 3.05) is 13.7 Å². The molecule has 96 valence electrons. The van der Waals surface area contributed by atoms with Gasteiger partial charge in [0.25, 0.3) is 0 Å². The van der Waals surface area contributed by atoms with Crippen LogP contribution in [-0.2, 0) is 5.41 Å². The van der Waals surface area contributed by atoms with Crippen LogP contribution in [0.1, 0.15) is 37.9 Å². The van der Waals surface area contributed by atoms with E-state index >= 15 is 0 Å². The van der Waals surface area contributed by atoms with Gasteiger partial charge in [-0.05, 0) is 23.6 Å². The predicted octanol–water partition coefficient (Wildman–Crippen LogP) is 1.56. The van der Waals surface area contributed by atoms with Crippen molar-refractivity contribution in [2.24, 2.45) is 5.73 Å². The summed E-state index contributed by atoms with van der Waals surface area (Å²) in [4.78, 5) is 0. The number of nitrogens with one attached hydrogen (secondary N) is 1. The SMILES string of the molecule is CNC(c1ccc(C(C)(C)C)cc1)C(N)CO. The van der Waals surface area contributed by atoms with E-state index in [0.29, 0.717) is 0 Å². The molecule has 1 aromatic carbocycles. The summed E-state index contributed by atoms with van der Waals surface area (Å²) in [5, 5.41) is 12.3. The number of likely N-dealkylation sites (N-methyl/N-ethyl adjacent to an activating group) is 1. The fraction of sp³-hybridized carbons (Fsp3) is 0.571. The van der Waals surface area contributed by atoms with Crippen LogP contribution in [-0.4, -0.2) is 24.8 Å². The van der Waals surface area contributed by atoms with Gasteiger partial charge < -0.3 is 16.2 Å². The van der Waals surface area contributed by atoms with Crippen LogP contribution >= 0.6 is 0 Å². The van der Waals surface area contributed by atoms with Gasteiger partial charge in [-0.15, -0.1) is 0 Å². The summed E-state index contributed by atoms with van der Waals surface area (Å²) < 4.78 is 0. The van der Waals surface area contributed by atoms with Crippen molar-refractivity contribution < 1.29 is 5.11 Å². The van der Waals surface area contributed by atoms with E-state index in [1.807, 2.05) is 7.05 Å². The van der Waals surface area contributed by atoms with Crippen LogP contribution in [0.2, 0.25) is 0 Å². The second kappa shape index (κ2) is 5.63. The average Bonchev–Trinajstić information content (AvgIpc) is 2.29. The molecule has 2 unspecified atom stereocenters. The van der Waals surface area contributed by atoms with Crippen LogP contribution in [0, 0.1) is 0 Å². The van der Waals surface area contributed by atoms with Crippen LogP contribution in [0.5, 0.6) is 0 Å². The first-order valence-corrected chi connectivity index (χ1v) is 6.04. The summed E-state index contributed by atoms with van der Waals surface area (Å²) in [5.74, 6) is 0. The third-order valence-electron chi connectivity index (χ3n) is 3.09. The summed E-state index contributed by atoms with van der Waals surface area (Å²) in [6.45, 7) is 6.55. The summed E-state index contributed by atoms with van der Waals surface area (Å²) >= 11 is 0. The zero-order valence-corrected chi connectivity index (χ0v) is 11.2. The molecule has 3 nitrogen and oxygen atoms in total. The molecule has 0 bridgehead atoms. The second-order valence-electron chi connectivity index (χ2n) is 5.48. The van der Waals surface area contributed by atoms with E-state index in [4.69, 9.17) is 10.8 Å². The third kappa shape index (κ3) is 3.53. The second-order valence-corrected chi connectivity index (χ2v) is 5.48. The molecule has 0 saturated carbocycles. The van der Waals surface area contributed by atoms with Crippen molar-refractivity contribution >= 4 is 0 Å². The van der Waals surface area contributed by atoms with Gasteiger partial charge in [-0.25, -0.2) is 0 Å². The minimum Gasteiger partial charge on any atom is -0.395 e.